The van der Waals surface area contributed by atoms with Gasteiger partial charge in [0.15, 0.2) is 0 Å². The number of allylic oxidation sites excluding steroid dienone is 4. The summed E-state index contributed by atoms with van der Waals surface area (Å²) in [4.78, 5) is 0. The zero-order valence-electron chi connectivity index (χ0n) is 10.8. The second-order valence-corrected chi connectivity index (χ2v) is 4.98. The summed E-state index contributed by atoms with van der Waals surface area (Å²) in [6.07, 6.45) is 12.1. The molecule has 1 aliphatic rings. The van der Waals surface area contributed by atoms with Crippen molar-refractivity contribution in [2.75, 3.05) is 0 Å². The first-order chi connectivity index (χ1) is 7.20. The lowest BCUT2D eigenvalue weighted by Crippen LogP contribution is -2.09. The van der Waals surface area contributed by atoms with Gasteiger partial charge < -0.3 is 0 Å². The molecule has 1 rings (SSSR count). The average molecular weight is 206 g/mol. The van der Waals surface area contributed by atoms with E-state index in [2.05, 4.69) is 45.9 Å². The third-order valence-corrected chi connectivity index (χ3v) is 3.79. The standard InChI is InChI=1S/C15H26/c1-5-7-8-10-12(3)13(4)15-11-14(15)9-6-2/h5,7,9,12-13,15H,6,8,10-11H2,1-4H3. The summed E-state index contributed by atoms with van der Waals surface area (Å²) in [6.45, 7) is 9.19. The molecule has 86 valence electrons. The smallest absolute Gasteiger partial charge is 0.0137 e. The largest absolute Gasteiger partial charge is 0.0917 e. The van der Waals surface area contributed by atoms with E-state index in [9.17, 15) is 0 Å². The Morgan fingerprint density at radius 2 is 2.13 bits per heavy atom. The Kier molecular flexibility index (Phi) is 5.14. The normalized spacial score (nSPS) is 27.2. The molecule has 0 nitrogen and oxygen atoms in total. The van der Waals surface area contributed by atoms with E-state index in [1.165, 1.54) is 25.7 Å². The summed E-state index contributed by atoms with van der Waals surface area (Å²) < 4.78 is 0. The molecule has 3 atom stereocenters. The summed E-state index contributed by atoms with van der Waals surface area (Å²) in [5.41, 5.74) is 1.72. The molecule has 1 saturated carbocycles. The maximum absolute atomic E-state index is 2.43. The van der Waals surface area contributed by atoms with Gasteiger partial charge in [0.2, 0.25) is 0 Å². The van der Waals surface area contributed by atoms with Crippen LogP contribution in [0.4, 0.5) is 0 Å². The fourth-order valence-corrected chi connectivity index (χ4v) is 2.40. The Labute approximate surface area is 95.5 Å². The number of hydrogen-bond acceptors (Lipinski definition) is 0. The second-order valence-electron chi connectivity index (χ2n) is 4.98. The molecule has 0 heterocycles. The maximum atomic E-state index is 2.43. The SMILES string of the molecule is CC=CCCC(C)C(C)C1CC1=CCC. The maximum Gasteiger partial charge on any atom is -0.0137 e. The van der Waals surface area contributed by atoms with Crippen LogP contribution in [0.3, 0.4) is 0 Å². The predicted molar refractivity (Wildman–Crippen MR) is 68.9 cm³/mol. The van der Waals surface area contributed by atoms with Crippen molar-refractivity contribution in [1.29, 1.82) is 0 Å². The van der Waals surface area contributed by atoms with Crippen LogP contribution in [-0.2, 0) is 0 Å². The molecule has 15 heavy (non-hydrogen) atoms. The summed E-state index contributed by atoms with van der Waals surface area (Å²) in [6, 6.07) is 0. The summed E-state index contributed by atoms with van der Waals surface area (Å²) in [7, 11) is 0. The molecule has 0 N–H and O–H groups in total. The Morgan fingerprint density at radius 1 is 1.40 bits per heavy atom. The molecule has 0 saturated heterocycles. The highest BCUT2D eigenvalue weighted by Gasteiger charge is 2.36. The predicted octanol–water partition coefficient (Wildman–Crippen LogP) is 4.97. The van der Waals surface area contributed by atoms with E-state index in [-0.39, 0.29) is 0 Å². The molecule has 0 aromatic rings. The van der Waals surface area contributed by atoms with Crippen LogP contribution < -0.4 is 0 Å². The molecule has 0 radical (unpaired) electrons. The molecule has 0 heteroatoms. The first-order valence-corrected chi connectivity index (χ1v) is 6.50. The minimum Gasteiger partial charge on any atom is -0.0917 e. The second kappa shape index (κ2) is 6.15. The molecule has 0 spiro atoms. The number of rotatable bonds is 6. The molecule has 0 aliphatic heterocycles. The van der Waals surface area contributed by atoms with Crippen molar-refractivity contribution in [1.82, 2.24) is 0 Å². The molecule has 0 amide bonds. The average Bonchev–Trinajstić information content (AvgIpc) is 2.97. The molecular weight excluding hydrogens is 180 g/mol. The lowest BCUT2D eigenvalue weighted by Gasteiger charge is -2.18. The molecule has 1 fully saturated rings. The molecule has 1 aliphatic carbocycles. The monoisotopic (exact) mass is 206 g/mol. The van der Waals surface area contributed by atoms with E-state index in [1.54, 1.807) is 5.57 Å². The zero-order valence-corrected chi connectivity index (χ0v) is 10.8. The fourth-order valence-electron chi connectivity index (χ4n) is 2.40. The van der Waals surface area contributed by atoms with Crippen LogP contribution in [0.15, 0.2) is 23.8 Å². The van der Waals surface area contributed by atoms with Crippen LogP contribution in [0.1, 0.15) is 53.4 Å². The van der Waals surface area contributed by atoms with Crippen molar-refractivity contribution >= 4 is 0 Å². The highest BCUT2D eigenvalue weighted by atomic mass is 14.4. The Morgan fingerprint density at radius 3 is 2.73 bits per heavy atom. The van der Waals surface area contributed by atoms with Gasteiger partial charge in [-0.15, -0.1) is 0 Å². The lowest BCUT2D eigenvalue weighted by atomic mass is 9.87. The van der Waals surface area contributed by atoms with Gasteiger partial charge >= 0.3 is 0 Å². The summed E-state index contributed by atoms with van der Waals surface area (Å²) in [5.74, 6) is 2.67. The van der Waals surface area contributed by atoms with Crippen LogP contribution in [0.2, 0.25) is 0 Å². The van der Waals surface area contributed by atoms with Crippen molar-refractivity contribution in [2.45, 2.75) is 53.4 Å². The van der Waals surface area contributed by atoms with Gasteiger partial charge in [0, 0.05) is 0 Å². The van der Waals surface area contributed by atoms with Gasteiger partial charge in [-0.25, -0.2) is 0 Å². The van der Waals surface area contributed by atoms with Gasteiger partial charge in [0.1, 0.15) is 0 Å². The third kappa shape index (κ3) is 3.85. The van der Waals surface area contributed by atoms with Crippen LogP contribution in [-0.4, -0.2) is 0 Å². The van der Waals surface area contributed by atoms with E-state index in [0.29, 0.717) is 0 Å². The Hall–Kier alpha value is -0.520. The van der Waals surface area contributed by atoms with Crippen LogP contribution in [0.5, 0.6) is 0 Å². The van der Waals surface area contributed by atoms with Crippen molar-refractivity contribution in [3.63, 3.8) is 0 Å². The van der Waals surface area contributed by atoms with Crippen LogP contribution in [0.25, 0.3) is 0 Å². The summed E-state index contributed by atoms with van der Waals surface area (Å²) in [5, 5.41) is 0. The van der Waals surface area contributed by atoms with Gasteiger partial charge in [0.25, 0.3) is 0 Å². The van der Waals surface area contributed by atoms with E-state index >= 15 is 0 Å². The van der Waals surface area contributed by atoms with Gasteiger partial charge in [-0.05, 0) is 50.4 Å². The third-order valence-electron chi connectivity index (χ3n) is 3.79. The summed E-state index contributed by atoms with van der Waals surface area (Å²) >= 11 is 0. The van der Waals surface area contributed by atoms with Crippen molar-refractivity contribution in [3.8, 4) is 0 Å². The molecule has 0 aromatic heterocycles. The topological polar surface area (TPSA) is 0 Å². The van der Waals surface area contributed by atoms with Gasteiger partial charge in [-0.2, -0.15) is 0 Å². The molecular formula is C15H26. The van der Waals surface area contributed by atoms with Crippen LogP contribution in [0, 0.1) is 17.8 Å². The Bertz CT molecular complexity index is 234. The minimum absolute atomic E-state index is 0.869. The van der Waals surface area contributed by atoms with Crippen molar-refractivity contribution < 1.29 is 0 Å². The molecule has 3 unspecified atom stereocenters. The van der Waals surface area contributed by atoms with Gasteiger partial charge in [0.05, 0.1) is 0 Å². The van der Waals surface area contributed by atoms with Gasteiger partial charge in [-0.3, -0.25) is 0 Å². The Balaban J connectivity index is 2.28. The van der Waals surface area contributed by atoms with Crippen molar-refractivity contribution in [3.05, 3.63) is 23.8 Å². The fraction of sp³-hybridized carbons (Fsp3) is 0.733. The molecule has 0 bridgehead atoms. The number of hydrogen-bond donors (Lipinski definition) is 0. The van der Waals surface area contributed by atoms with Crippen LogP contribution >= 0.6 is 0 Å². The highest BCUT2D eigenvalue weighted by Crippen LogP contribution is 2.47. The van der Waals surface area contributed by atoms with Crippen molar-refractivity contribution in [2.24, 2.45) is 17.8 Å². The zero-order chi connectivity index (χ0) is 11.3. The van der Waals surface area contributed by atoms with E-state index < -0.39 is 0 Å². The molecule has 0 aromatic carbocycles. The minimum atomic E-state index is 0.869. The first kappa shape index (κ1) is 12.5. The highest BCUT2D eigenvalue weighted by molar-refractivity contribution is 5.24. The quantitative estimate of drug-likeness (QED) is 0.538. The van der Waals surface area contributed by atoms with Gasteiger partial charge in [-0.1, -0.05) is 44.6 Å². The van der Waals surface area contributed by atoms with E-state index in [1.807, 2.05) is 0 Å². The van der Waals surface area contributed by atoms with E-state index in [4.69, 9.17) is 0 Å². The van der Waals surface area contributed by atoms with E-state index in [0.717, 1.165) is 17.8 Å². The lowest BCUT2D eigenvalue weighted by molar-refractivity contribution is 0.336. The first-order valence-electron chi connectivity index (χ1n) is 6.50.